The molecule has 1 spiro atoms. The van der Waals surface area contributed by atoms with Crippen molar-refractivity contribution in [2.45, 2.75) is 44.6 Å². The van der Waals surface area contributed by atoms with Gasteiger partial charge in [0, 0.05) is 12.5 Å². The number of carbonyl (C=O) groups excluding carboxylic acids is 2. The van der Waals surface area contributed by atoms with Crippen molar-refractivity contribution in [3.63, 3.8) is 0 Å². The maximum Gasteiger partial charge on any atom is 0.255 e. The highest BCUT2D eigenvalue weighted by Crippen LogP contribution is 2.38. The molecule has 2 aromatic rings. The van der Waals surface area contributed by atoms with Crippen LogP contribution in [0, 0.1) is 18.7 Å². The zero-order valence-corrected chi connectivity index (χ0v) is 17.2. The van der Waals surface area contributed by atoms with Crippen molar-refractivity contribution in [3.05, 3.63) is 65.0 Å². The van der Waals surface area contributed by atoms with Crippen molar-refractivity contribution in [2.75, 3.05) is 13.1 Å². The Kier molecular flexibility index (Phi) is 5.75. The third-order valence-electron chi connectivity index (χ3n) is 6.17. The molecule has 1 aliphatic heterocycles. The predicted octanol–water partition coefficient (Wildman–Crippen LogP) is 3.54. The molecule has 1 saturated carbocycles. The summed E-state index contributed by atoms with van der Waals surface area (Å²) in [6.45, 7) is 2.94. The van der Waals surface area contributed by atoms with E-state index >= 15 is 0 Å². The van der Waals surface area contributed by atoms with E-state index in [-0.39, 0.29) is 23.5 Å². The minimum Gasteiger partial charge on any atom is -0.485 e. The minimum absolute atomic E-state index is 0.0520. The second-order valence-electron chi connectivity index (χ2n) is 8.41. The molecule has 0 aromatic heterocycles. The van der Waals surface area contributed by atoms with Gasteiger partial charge in [-0.3, -0.25) is 9.59 Å². The first kappa shape index (κ1) is 20.4. The lowest BCUT2D eigenvalue weighted by molar-refractivity contribution is -0.127. The lowest BCUT2D eigenvalue weighted by atomic mass is 9.78. The van der Waals surface area contributed by atoms with Gasteiger partial charge in [0.25, 0.3) is 5.91 Å². The monoisotopic (exact) mass is 410 g/mol. The number of hydrogen-bond donors (Lipinski definition) is 2. The van der Waals surface area contributed by atoms with Crippen LogP contribution < -0.4 is 15.4 Å². The van der Waals surface area contributed by atoms with Gasteiger partial charge in [-0.25, -0.2) is 4.39 Å². The first-order valence-electron chi connectivity index (χ1n) is 10.5. The largest absolute Gasteiger partial charge is 0.485 e. The summed E-state index contributed by atoms with van der Waals surface area (Å²) in [6, 6.07) is 12.0. The molecule has 0 radical (unpaired) electrons. The van der Waals surface area contributed by atoms with E-state index in [1.807, 2.05) is 25.1 Å². The summed E-state index contributed by atoms with van der Waals surface area (Å²) in [5.74, 6) is 0.266. The van der Waals surface area contributed by atoms with E-state index in [1.165, 1.54) is 12.1 Å². The SMILES string of the molecule is Cc1ccc2c(c1)C(=O)NCC1(CCC(C(=O)NCCc3ccc(F)cc3)CC1)O2. The fourth-order valence-corrected chi connectivity index (χ4v) is 4.33. The predicted molar refractivity (Wildman–Crippen MR) is 112 cm³/mol. The van der Waals surface area contributed by atoms with Crippen LogP contribution in [-0.4, -0.2) is 30.5 Å². The molecule has 0 bridgehead atoms. The van der Waals surface area contributed by atoms with Gasteiger partial charge in [-0.15, -0.1) is 0 Å². The van der Waals surface area contributed by atoms with Crippen molar-refractivity contribution in [3.8, 4) is 5.75 Å². The highest BCUT2D eigenvalue weighted by Gasteiger charge is 2.41. The lowest BCUT2D eigenvalue weighted by Crippen LogP contribution is -2.49. The molecule has 5 nitrogen and oxygen atoms in total. The molecule has 4 rings (SSSR count). The van der Waals surface area contributed by atoms with Crippen LogP contribution in [0.5, 0.6) is 5.75 Å². The van der Waals surface area contributed by atoms with Crippen LogP contribution >= 0.6 is 0 Å². The fraction of sp³-hybridized carbons (Fsp3) is 0.417. The van der Waals surface area contributed by atoms with Crippen molar-refractivity contribution >= 4 is 11.8 Å². The van der Waals surface area contributed by atoms with Crippen LogP contribution in [0.4, 0.5) is 4.39 Å². The number of nitrogens with one attached hydrogen (secondary N) is 2. The normalized spacial score (nSPS) is 23.1. The number of amides is 2. The Bertz CT molecular complexity index is 934. The fourth-order valence-electron chi connectivity index (χ4n) is 4.33. The number of hydrogen-bond acceptors (Lipinski definition) is 3. The van der Waals surface area contributed by atoms with Crippen LogP contribution in [-0.2, 0) is 11.2 Å². The van der Waals surface area contributed by atoms with Crippen molar-refractivity contribution in [1.29, 1.82) is 0 Å². The van der Waals surface area contributed by atoms with E-state index in [4.69, 9.17) is 4.74 Å². The van der Waals surface area contributed by atoms with Crippen molar-refractivity contribution < 1.29 is 18.7 Å². The molecule has 6 heteroatoms. The summed E-state index contributed by atoms with van der Waals surface area (Å²) in [5.41, 5.74) is 2.13. The average Bonchev–Trinajstić information content (AvgIpc) is 2.87. The summed E-state index contributed by atoms with van der Waals surface area (Å²) >= 11 is 0. The molecule has 1 heterocycles. The average molecular weight is 410 g/mol. The molecule has 0 saturated heterocycles. The van der Waals surface area contributed by atoms with Gasteiger partial charge in [0.1, 0.15) is 17.2 Å². The molecule has 1 fully saturated rings. The quantitative estimate of drug-likeness (QED) is 0.810. The molecule has 2 amide bonds. The Hall–Kier alpha value is -2.89. The summed E-state index contributed by atoms with van der Waals surface area (Å²) < 4.78 is 19.3. The lowest BCUT2D eigenvalue weighted by Gasteiger charge is -2.39. The Labute approximate surface area is 176 Å². The zero-order chi connectivity index (χ0) is 21.1. The minimum atomic E-state index is -0.457. The van der Waals surface area contributed by atoms with E-state index in [0.717, 1.165) is 36.8 Å². The highest BCUT2D eigenvalue weighted by atomic mass is 19.1. The molecule has 30 heavy (non-hydrogen) atoms. The number of carbonyl (C=O) groups is 2. The summed E-state index contributed by atoms with van der Waals surface area (Å²) in [4.78, 5) is 25.0. The van der Waals surface area contributed by atoms with Gasteiger partial charge in [-0.1, -0.05) is 23.8 Å². The summed E-state index contributed by atoms with van der Waals surface area (Å²) in [6.07, 6.45) is 3.56. The van der Waals surface area contributed by atoms with Crippen LogP contribution in [0.1, 0.15) is 47.2 Å². The summed E-state index contributed by atoms with van der Waals surface area (Å²) in [5, 5.41) is 6.00. The first-order valence-corrected chi connectivity index (χ1v) is 10.5. The third-order valence-corrected chi connectivity index (χ3v) is 6.17. The van der Waals surface area contributed by atoms with E-state index in [2.05, 4.69) is 10.6 Å². The topological polar surface area (TPSA) is 67.4 Å². The first-order chi connectivity index (χ1) is 14.4. The van der Waals surface area contributed by atoms with Gasteiger partial charge in [0.2, 0.25) is 5.91 Å². The molecular formula is C24H27FN2O3. The Balaban J connectivity index is 1.31. The molecular weight excluding hydrogens is 383 g/mol. The van der Waals surface area contributed by atoms with E-state index in [0.29, 0.717) is 30.8 Å². The van der Waals surface area contributed by atoms with E-state index < -0.39 is 5.60 Å². The van der Waals surface area contributed by atoms with Gasteiger partial charge in [0.05, 0.1) is 12.1 Å². The highest BCUT2D eigenvalue weighted by molar-refractivity contribution is 5.97. The number of benzene rings is 2. The zero-order valence-electron chi connectivity index (χ0n) is 17.2. The smallest absolute Gasteiger partial charge is 0.255 e. The number of halogens is 1. The number of rotatable bonds is 4. The van der Waals surface area contributed by atoms with Crippen LogP contribution in [0.2, 0.25) is 0 Å². The molecule has 2 aliphatic rings. The standard InChI is InChI=1S/C24H27FN2O3/c1-16-2-7-21-20(14-16)23(29)27-15-24(30-21)11-8-18(9-12-24)22(28)26-13-10-17-3-5-19(25)6-4-17/h2-7,14,18H,8-13,15H2,1H3,(H,26,28)(H,27,29). The van der Waals surface area contributed by atoms with E-state index in [9.17, 15) is 14.0 Å². The maximum absolute atomic E-state index is 13.0. The molecule has 0 atom stereocenters. The van der Waals surface area contributed by atoms with Crippen LogP contribution in [0.3, 0.4) is 0 Å². The van der Waals surface area contributed by atoms with Crippen molar-refractivity contribution in [2.24, 2.45) is 5.92 Å². The van der Waals surface area contributed by atoms with Gasteiger partial charge in [0.15, 0.2) is 0 Å². The van der Waals surface area contributed by atoms with Crippen LogP contribution in [0.25, 0.3) is 0 Å². The molecule has 158 valence electrons. The second-order valence-corrected chi connectivity index (χ2v) is 8.41. The molecule has 0 unspecified atom stereocenters. The van der Waals surface area contributed by atoms with Crippen molar-refractivity contribution in [1.82, 2.24) is 10.6 Å². The maximum atomic E-state index is 13.0. The third kappa shape index (κ3) is 4.48. The number of ether oxygens (including phenoxy) is 1. The van der Waals surface area contributed by atoms with Gasteiger partial charge >= 0.3 is 0 Å². The molecule has 1 aliphatic carbocycles. The van der Waals surface area contributed by atoms with Gasteiger partial charge in [-0.2, -0.15) is 0 Å². The summed E-state index contributed by atoms with van der Waals surface area (Å²) in [7, 11) is 0. The van der Waals surface area contributed by atoms with Gasteiger partial charge in [-0.05, 0) is 68.9 Å². The second kappa shape index (κ2) is 8.46. The molecule has 2 N–H and O–H groups in total. The van der Waals surface area contributed by atoms with Gasteiger partial charge < -0.3 is 15.4 Å². The molecule has 2 aromatic carbocycles. The van der Waals surface area contributed by atoms with E-state index in [1.54, 1.807) is 12.1 Å². The number of aryl methyl sites for hydroxylation is 1. The van der Waals surface area contributed by atoms with Crippen LogP contribution in [0.15, 0.2) is 42.5 Å². The Morgan fingerprint density at radius 2 is 1.93 bits per heavy atom. The number of fused-ring (bicyclic) bond motifs is 1. The Morgan fingerprint density at radius 1 is 1.20 bits per heavy atom. The Morgan fingerprint density at radius 3 is 2.67 bits per heavy atom.